The van der Waals surface area contributed by atoms with Gasteiger partial charge in [-0.15, -0.1) is 0 Å². The van der Waals surface area contributed by atoms with Gasteiger partial charge in [-0.2, -0.15) is 0 Å². The van der Waals surface area contributed by atoms with Gasteiger partial charge in [-0.25, -0.2) is 4.98 Å². The molecule has 136 valence electrons. The fourth-order valence-corrected chi connectivity index (χ4v) is 3.12. The molecule has 0 spiro atoms. The average Bonchev–Trinajstić information content (AvgIpc) is 2.65. The SMILES string of the molecule is CC1CCN(C(=O)c2cccc(C(=O)Nc3ccc(Cl)c(Cl)c3)n2)CC1. The van der Waals surface area contributed by atoms with Crippen LogP contribution in [-0.4, -0.2) is 34.8 Å². The van der Waals surface area contributed by atoms with Crippen LogP contribution in [0.3, 0.4) is 0 Å². The molecule has 0 saturated carbocycles. The molecule has 2 heterocycles. The smallest absolute Gasteiger partial charge is 0.274 e. The first-order valence-electron chi connectivity index (χ1n) is 8.47. The number of pyridine rings is 1. The lowest BCUT2D eigenvalue weighted by Gasteiger charge is -2.30. The first kappa shape index (κ1) is 18.7. The number of likely N-dealkylation sites (tertiary alicyclic amines) is 1. The number of aromatic nitrogens is 1. The van der Waals surface area contributed by atoms with Gasteiger partial charge in [0.1, 0.15) is 11.4 Å². The normalized spacial score (nSPS) is 15.0. The molecule has 1 fully saturated rings. The minimum Gasteiger partial charge on any atom is -0.337 e. The fourth-order valence-electron chi connectivity index (χ4n) is 2.82. The van der Waals surface area contributed by atoms with Gasteiger partial charge in [0.15, 0.2) is 0 Å². The van der Waals surface area contributed by atoms with Gasteiger partial charge >= 0.3 is 0 Å². The van der Waals surface area contributed by atoms with E-state index in [9.17, 15) is 9.59 Å². The second-order valence-electron chi connectivity index (χ2n) is 6.47. The van der Waals surface area contributed by atoms with E-state index in [2.05, 4.69) is 17.2 Å². The van der Waals surface area contributed by atoms with Gasteiger partial charge in [-0.05, 0) is 49.1 Å². The highest BCUT2D eigenvalue weighted by Gasteiger charge is 2.23. The highest BCUT2D eigenvalue weighted by atomic mass is 35.5. The van der Waals surface area contributed by atoms with E-state index in [1.807, 2.05) is 0 Å². The molecule has 0 aliphatic carbocycles. The van der Waals surface area contributed by atoms with E-state index in [0.717, 1.165) is 25.9 Å². The molecule has 26 heavy (non-hydrogen) atoms. The number of nitrogens with zero attached hydrogens (tertiary/aromatic N) is 2. The van der Waals surface area contributed by atoms with Crippen molar-refractivity contribution in [1.29, 1.82) is 0 Å². The summed E-state index contributed by atoms with van der Waals surface area (Å²) in [6.07, 6.45) is 1.98. The summed E-state index contributed by atoms with van der Waals surface area (Å²) in [6, 6.07) is 9.68. The molecule has 2 aromatic rings. The van der Waals surface area contributed by atoms with E-state index < -0.39 is 5.91 Å². The molecule has 3 rings (SSSR count). The van der Waals surface area contributed by atoms with E-state index in [-0.39, 0.29) is 17.3 Å². The monoisotopic (exact) mass is 391 g/mol. The van der Waals surface area contributed by atoms with E-state index >= 15 is 0 Å². The van der Waals surface area contributed by atoms with Crippen LogP contribution in [0.5, 0.6) is 0 Å². The summed E-state index contributed by atoms with van der Waals surface area (Å²) in [7, 11) is 0. The highest BCUT2D eigenvalue weighted by Crippen LogP contribution is 2.25. The quantitative estimate of drug-likeness (QED) is 0.836. The van der Waals surface area contributed by atoms with Crippen LogP contribution in [0.4, 0.5) is 5.69 Å². The minimum absolute atomic E-state index is 0.138. The van der Waals surface area contributed by atoms with Gasteiger partial charge in [0, 0.05) is 18.8 Å². The summed E-state index contributed by atoms with van der Waals surface area (Å²) in [5.41, 5.74) is 0.960. The number of benzene rings is 1. The molecular formula is C19H19Cl2N3O2. The number of piperidine rings is 1. The highest BCUT2D eigenvalue weighted by molar-refractivity contribution is 6.42. The molecule has 1 saturated heterocycles. The number of carbonyl (C=O) groups excluding carboxylic acids is 2. The van der Waals surface area contributed by atoms with Crippen LogP contribution < -0.4 is 5.32 Å². The summed E-state index contributed by atoms with van der Waals surface area (Å²) in [4.78, 5) is 31.1. The Morgan fingerprint density at radius 1 is 1.08 bits per heavy atom. The van der Waals surface area contributed by atoms with Crippen LogP contribution in [0.1, 0.15) is 40.7 Å². The number of hydrogen-bond donors (Lipinski definition) is 1. The Labute approximate surface area is 162 Å². The second kappa shape index (κ2) is 8.06. The van der Waals surface area contributed by atoms with Gasteiger partial charge in [0.05, 0.1) is 10.0 Å². The van der Waals surface area contributed by atoms with Gasteiger partial charge in [0.25, 0.3) is 11.8 Å². The summed E-state index contributed by atoms with van der Waals surface area (Å²) in [6.45, 7) is 3.64. The number of nitrogens with one attached hydrogen (secondary N) is 1. The summed E-state index contributed by atoms with van der Waals surface area (Å²) < 4.78 is 0. The van der Waals surface area contributed by atoms with Crippen molar-refractivity contribution in [1.82, 2.24) is 9.88 Å². The zero-order valence-electron chi connectivity index (χ0n) is 14.3. The van der Waals surface area contributed by atoms with Crippen LogP contribution in [0.25, 0.3) is 0 Å². The predicted molar refractivity (Wildman–Crippen MR) is 103 cm³/mol. The molecule has 1 aliphatic rings. The third kappa shape index (κ3) is 4.34. The third-order valence-electron chi connectivity index (χ3n) is 4.45. The lowest BCUT2D eigenvalue weighted by molar-refractivity contribution is 0.0691. The molecule has 2 amide bonds. The first-order chi connectivity index (χ1) is 12.4. The Balaban J connectivity index is 1.72. The van der Waals surface area contributed by atoms with Crippen LogP contribution in [0.15, 0.2) is 36.4 Å². The first-order valence-corrected chi connectivity index (χ1v) is 9.22. The number of hydrogen-bond acceptors (Lipinski definition) is 3. The minimum atomic E-state index is -0.412. The van der Waals surface area contributed by atoms with Crippen molar-refractivity contribution in [2.24, 2.45) is 5.92 Å². The molecule has 1 N–H and O–H groups in total. The van der Waals surface area contributed by atoms with Gasteiger partial charge in [-0.3, -0.25) is 9.59 Å². The number of anilines is 1. The van der Waals surface area contributed by atoms with Gasteiger partial charge in [-0.1, -0.05) is 36.2 Å². The Morgan fingerprint density at radius 2 is 1.77 bits per heavy atom. The zero-order chi connectivity index (χ0) is 18.7. The van der Waals surface area contributed by atoms with Crippen molar-refractivity contribution in [2.45, 2.75) is 19.8 Å². The second-order valence-corrected chi connectivity index (χ2v) is 7.28. The van der Waals surface area contributed by atoms with Gasteiger partial charge < -0.3 is 10.2 Å². The fraction of sp³-hybridized carbons (Fsp3) is 0.316. The molecular weight excluding hydrogens is 373 g/mol. The molecule has 5 nitrogen and oxygen atoms in total. The van der Waals surface area contributed by atoms with E-state index in [4.69, 9.17) is 23.2 Å². The maximum atomic E-state index is 12.6. The number of rotatable bonds is 3. The molecule has 0 unspecified atom stereocenters. The molecule has 0 radical (unpaired) electrons. The molecule has 0 bridgehead atoms. The number of amides is 2. The van der Waals surface area contributed by atoms with Crippen LogP contribution in [0.2, 0.25) is 10.0 Å². The summed E-state index contributed by atoms with van der Waals surface area (Å²) >= 11 is 11.8. The van der Waals surface area contributed by atoms with Gasteiger partial charge in [0.2, 0.25) is 0 Å². The van der Waals surface area contributed by atoms with Crippen molar-refractivity contribution in [3.05, 3.63) is 57.8 Å². The van der Waals surface area contributed by atoms with Crippen molar-refractivity contribution in [3.8, 4) is 0 Å². The van der Waals surface area contributed by atoms with Crippen molar-refractivity contribution >= 4 is 40.7 Å². The Hall–Kier alpha value is -2.11. The van der Waals surface area contributed by atoms with Crippen LogP contribution in [-0.2, 0) is 0 Å². The average molecular weight is 392 g/mol. The molecule has 1 aliphatic heterocycles. The standard InChI is InChI=1S/C19H19Cl2N3O2/c1-12-7-9-24(10-8-12)19(26)17-4-2-3-16(23-17)18(25)22-13-5-6-14(20)15(21)11-13/h2-6,11-12H,7-10H2,1H3,(H,22,25). The third-order valence-corrected chi connectivity index (χ3v) is 5.19. The van der Waals surface area contributed by atoms with Crippen molar-refractivity contribution in [3.63, 3.8) is 0 Å². The maximum Gasteiger partial charge on any atom is 0.274 e. The van der Waals surface area contributed by atoms with Crippen LogP contribution >= 0.6 is 23.2 Å². The molecule has 0 atom stereocenters. The van der Waals surface area contributed by atoms with E-state index in [1.54, 1.807) is 41.3 Å². The summed E-state index contributed by atoms with van der Waals surface area (Å²) in [5.74, 6) is 0.0849. The largest absolute Gasteiger partial charge is 0.337 e. The van der Waals surface area contributed by atoms with E-state index in [0.29, 0.717) is 21.7 Å². The van der Waals surface area contributed by atoms with Crippen molar-refractivity contribution in [2.75, 3.05) is 18.4 Å². The van der Waals surface area contributed by atoms with Crippen LogP contribution in [0, 0.1) is 5.92 Å². The zero-order valence-corrected chi connectivity index (χ0v) is 15.8. The van der Waals surface area contributed by atoms with Crippen molar-refractivity contribution < 1.29 is 9.59 Å². The Morgan fingerprint density at radius 3 is 2.46 bits per heavy atom. The number of halogens is 2. The Kier molecular flexibility index (Phi) is 5.79. The molecule has 7 heteroatoms. The molecule has 1 aromatic carbocycles. The Bertz CT molecular complexity index is 833. The lowest BCUT2D eigenvalue weighted by Crippen LogP contribution is -2.38. The topological polar surface area (TPSA) is 62.3 Å². The summed E-state index contributed by atoms with van der Waals surface area (Å²) in [5, 5.41) is 3.46. The van der Waals surface area contributed by atoms with E-state index in [1.165, 1.54) is 0 Å². The number of carbonyl (C=O) groups is 2. The lowest BCUT2D eigenvalue weighted by atomic mass is 9.99. The predicted octanol–water partition coefficient (Wildman–Crippen LogP) is 4.51. The molecule has 1 aromatic heterocycles. The maximum absolute atomic E-state index is 12.6.